The molecule has 9 heteroatoms. The number of rotatable bonds is 9. The number of sulfonamides is 1. The van der Waals surface area contributed by atoms with Gasteiger partial charge in [0.05, 0.1) is 23.3 Å². The van der Waals surface area contributed by atoms with Crippen LogP contribution in [0.2, 0.25) is 0 Å². The second kappa shape index (κ2) is 10.8. The van der Waals surface area contributed by atoms with Crippen LogP contribution in [0.25, 0.3) is 0 Å². The molecule has 0 unspecified atom stereocenters. The SMILES string of the molecule is COc1ccc(C(=O)NCCNC(=O)c2ccccc2NS(=O)(=O)c2cc(C)ccc2C)cc1. The molecule has 0 aliphatic heterocycles. The first kappa shape index (κ1) is 24.8. The van der Waals surface area contributed by atoms with E-state index in [0.29, 0.717) is 16.9 Å². The molecule has 8 nitrogen and oxygen atoms in total. The standard InChI is InChI=1S/C25H27N3O5S/c1-17-8-9-18(2)23(16-17)34(31,32)28-22-7-5-4-6-21(22)25(30)27-15-14-26-24(29)19-10-12-20(33-3)13-11-19/h4-13,16,28H,14-15H2,1-3H3,(H,26,29)(H,27,30). The summed E-state index contributed by atoms with van der Waals surface area (Å²) >= 11 is 0. The molecule has 2 amide bonds. The number of hydrogen-bond acceptors (Lipinski definition) is 5. The van der Waals surface area contributed by atoms with E-state index in [1.807, 2.05) is 13.0 Å². The predicted molar refractivity (Wildman–Crippen MR) is 131 cm³/mol. The van der Waals surface area contributed by atoms with Crippen molar-refractivity contribution in [2.45, 2.75) is 18.7 Å². The molecule has 0 aliphatic carbocycles. The summed E-state index contributed by atoms with van der Waals surface area (Å²) < 4.78 is 33.5. The summed E-state index contributed by atoms with van der Waals surface area (Å²) in [5.74, 6) is -0.0905. The van der Waals surface area contributed by atoms with Crippen LogP contribution >= 0.6 is 0 Å². The molecule has 0 aliphatic rings. The maximum absolute atomic E-state index is 13.0. The highest BCUT2D eigenvalue weighted by Gasteiger charge is 2.20. The predicted octanol–water partition coefficient (Wildman–Crippen LogP) is 3.27. The maximum Gasteiger partial charge on any atom is 0.262 e. The van der Waals surface area contributed by atoms with Crippen molar-refractivity contribution in [1.82, 2.24) is 10.6 Å². The lowest BCUT2D eigenvalue weighted by Gasteiger charge is -2.14. The van der Waals surface area contributed by atoms with Crippen LogP contribution < -0.4 is 20.1 Å². The number of ether oxygens (including phenoxy) is 1. The van der Waals surface area contributed by atoms with Gasteiger partial charge in [0.2, 0.25) is 0 Å². The summed E-state index contributed by atoms with van der Waals surface area (Å²) in [6, 6.07) is 18.2. The number of nitrogens with one attached hydrogen (secondary N) is 3. The Hall–Kier alpha value is -3.85. The maximum atomic E-state index is 13.0. The zero-order chi connectivity index (χ0) is 24.7. The minimum Gasteiger partial charge on any atom is -0.497 e. The Kier molecular flexibility index (Phi) is 7.91. The van der Waals surface area contributed by atoms with Crippen LogP contribution in [0.15, 0.2) is 71.6 Å². The molecule has 0 atom stereocenters. The summed E-state index contributed by atoms with van der Waals surface area (Å²) in [6.07, 6.45) is 0. The van der Waals surface area contributed by atoms with E-state index in [2.05, 4.69) is 15.4 Å². The van der Waals surface area contributed by atoms with Crippen LogP contribution in [0.4, 0.5) is 5.69 Å². The fraction of sp³-hybridized carbons (Fsp3) is 0.200. The van der Waals surface area contributed by atoms with Crippen molar-refractivity contribution in [3.63, 3.8) is 0 Å². The second-order valence-corrected chi connectivity index (χ2v) is 9.31. The quantitative estimate of drug-likeness (QED) is 0.406. The largest absolute Gasteiger partial charge is 0.497 e. The van der Waals surface area contributed by atoms with Crippen molar-refractivity contribution in [1.29, 1.82) is 0 Å². The van der Waals surface area contributed by atoms with E-state index in [4.69, 9.17) is 4.74 Å². The molecule has 178 valence electrons. The van der Waals surface area contributed by atoms with Crippen molar-refractivity contribution in [2.24, 2.45) is 0 Å². The van der Waals surface area contributed by atoms with Crippen LogP contribution in [0.1, 0.15) is 31.8 Å². The molecule has 3 N–H and O–H groups in total. The smallest absolute Gasteiger partial charge is 0.262 e. The number of carbonyl (C=O) groups excluding carboxylic acids is 2. The molecule has 0 fully saturated rings. The first-order valence-electron chi connectivity index (χ1n) is 10.6. The first-order valence-corrected chi connectivity index (χ1v) is 12.1. The molecule has 0 bridgehead atoms. The Morgan fingerprint density at radius 3 is 2.18 bits per heavy atom. The van der Waals surface area contributed by atoms with Gasteiger partial charge in [-0.25, -0.2) is 8.42 Å². The number of carbonyl (C=O) groups is 2. The number of amides is 2. The number of para-hydroxylation sites is 1. The lowest BCUT2D eigenvalue weighted by molar-refractivity contribution is 0.0928. The summed E-state index contributed by atoms with van der Waals surface area (Å²) in [6.45, 7) is 3.89. The monoisotopic (exact) mass is 481 g/mol. The Labute approximate surface area is 199 Å². The van der Waals surface area contributed by atoms with Crippen molar-refractivity contribution < 1.29 is 22.7 Å². The zero-order valence-electron chi connectivity index (χ0n) is 19.2. The van der Waals surface area contributed by atoms with Gasteiger partial charge >= 0.3 is 0 Å². The lowest BCUT2D eigenvalue weighted by Crippen LogP contribution is -2.35. The molecule has 0 aromatic heterocycles. The second-order valence-electron chi connectivity index (χ2n) is 7.66. The van der Waals surface area contributed by atoms with Crippen LogP contribution in [-0.4, -0.2) is 40.4 Å². The Morgan fingerprint density at radius 2 is 1.50 bits per heavy atom. The van der Waals surface area contributed by atoms with Gasteiger partial charge < -0.3 is 15.4 Å². The molecule has 0 saturated heterocycles. The minimum absolute atomic E-state index is 0.156. The molecule has 3 rings (SSSR count). The van der Waals surface area contributed by atoms with Crippen LogP contribution in [0, 0.1) is 13.8 Å². The van der Waals surface area contributed by atoms with E-state index in [9.17, 15) is 18.0 Å². The zero-order valence-corrected chi connectivity index (χ0v) is 20.0. The summed E-state index contributed by atoms with van der Waals surface area (Å²) in [5, 5.41) is 5.43. The van der Waals surface area contributed by atoms with Crippen LogP contribution in [0.3, 0.4) is 0 Å². The average molecular weight is 482 g/mol. The number of methoxy groups -OCH3 is 1. The van der Waals surface area contributed by atoms with Crippen molar-refractivity contribution in [3.05, 3.63) is 89.0 Å². The van der Waals surface area contributed by atoms with Gasteiger partial charge in [-0.3, -0.25) is 14.3 Å². The van der Waals surface area contributed by atoms with Gasteiger partial charge in [0.25, 0.3) is 21.8 Å². The topological polar surface area (TPSA) is 114 Å². The number of hydrogen-bond donors (Lipinski definition) is 3. The fourth-order valence-electron chi connectivity index (χ4n) is 3.26. The third-order valence-electron chi connectivity index (χ3n) is 5.10. The van der Waals surface area contributed by atoms with Gasteiger partial charge in [-0.05, 0) is 67.4 Å². The summed E-state index contributed by atoms with van der Waals surface area (Å²) in [5.41, 5.74) is 2.24. The Morgan fingerprint density at radius 1 is 0.853 bits per heavy atom. The lowest BCUT2D eigenvalue weighted by atomic mass is 10.1. The molecule has 3 aromatic carbocycles. The average Bonchev–Trinajstić information content (AvgIpc) is 2.83. The van der Waals surface area contributed by atoms with Gasteiger partial charge in [-0.15, -0.1) is 0 Å². The number of benzene rings is 3. The van der Waals surface area contributed by atoms with E-state index >= 15 is 0 Å². The number of aryl methyl sites for hydroxylation is 2. The van der Waals surface area contributed by atoms with Gasteiger partial charge in [0.15, 0.2) is 0 Å². The molecular weight excluding hydrogens is 454 g/mol. The van der Waals surface area contributed by atoms with E-state index < -0.39 is 15.9 Å². The van der Waals surface area contributed by atoms with Crippen molar-refractivity contribution in [3.8, 4) is 5.75 Å². The normalized spacial score (nSPS) is 10.9. The Bertz CT molecular complexity index is 1290. The molecule has 0 spiro atoms. The highest BCUT2D eigenvalue weighted by atomic mass is 32.2. The number of anilines is 1. The minimum atomic E-state index is -3.89. The third-order valence-corrected chi connectivity index (χ3v) is 6.60. The highest BCUT2D eigenvalue weighted by Crippen LogP contribution is 2.23. The van der Waals surface area contributed by atoms with Crippen LogP contribution in [-0.2, 0) is 10.0 Å². The molecule has 0 saturated carbocycles. The van der Waals surface area contributed by atoms with Gasteiger partial charge in [0.1, 0.15) is 5.75 Å². The van der Waals surface area contributed by atoms with Crippen molar-refractivity contribution in [2.75, 3.05) is 24.9 Å². The van der Waals surface area contributed by atoms with E-state index in [0.717, 1.165) is 5.56 Å². The first-order chi connectivity index (χ1) is 16.2. The van der Waals surface area contributed by atoms with E-state index in [1.165, 1.54) is 12.1 Å². The van der Waals surface area contributed by atoms with Crippen molar-refractivity contribution >= 4 is 27.5 Å². The molecule has 34 heavy (non-hydrogen) atoms. The fourth-order valence-corrected chi connectivity index (χ4v) is 4.67. The van der Waals surface area contributed by atoms with E-state index in [1.54, 1.807) is 62.6 Å². The third kappa shape index (κ3) is 6.14. The molecular formula is C25H27N3O5S. The molecule has 0 radical (unpaired) electrons. The summed E-state index contributed by atoms with van der Waals surface area (Å²) in [7, 11) is -2.34. The summed E-state index contributed by atoms with van der Waals surface area (Å²) in [4.78, 5) is 25.1. The Balaban J connectivity index is 1.62. The van der Waals surface area contributed by atoms with Gasteiger partial charge in [-0.1, -0.05) is 24.3 Å². The van der Waals surface area contributed by atoms with Gasteiger partial charge in [0, 0.05) is 18.7 Å². The van der Waals surface area contributed by atoms with Gasteiger partial charge in [-0.2, -0.15) is 0 Å². The molecule has 0 heterocycles. The van der Waals surface area contributed by atoms with Crippen LogP contribution in [0.5, 0.6) is 5.75 Å². The highest BCUT2D eigenvalue weighted by molar-refractivity contribution is 7.92. The molecule has 3 aromatic rings. The van der Waals surface area contributed by atoms with E-state index in [-0.39, 0.29) is 35.1 Å².